The molecule has 2 rings (SSSR count). The minimum atomic E-state index is -5.77. The predicted octanol–water partition coefficient (Wildman–Crippen LogP) is 2.00. The van der Waals surface area contributed by atoms with Crippen LogP contribution >= 0.6 is 11.8 Å². The summed E-state index contributed by atoms with van der Waals surface area (Å²) in [6.45, 7) is -0.195. The lowest BCUT2D eigenvalue weighted by Gasteiger charge is -2.27. The highest BCUT2D eigenvalue weighted by Crippen LogP contribution is 2.34. The van der Waals surface area contributed by atoms with E-state index in [1.165, 1.54) is 0 Å². The van der Waals surface area contributed by atoms with Gasteiger partial charge in [0.1, 0.15) is 0 Å². The number of halogens is 5. The van der Waals surface area contributed by atoms with Crippen molar-refractivity contribution in [2.45, 2.75) is 68.3 Å². The van der Waals surface area contributed by atoms with Gasteiger partial charge < -0.3 is 15.7 Å². The molecule has 186 valence electrons. The van der Waals surface area contributed by atoms with Crippen molar-refractivity contribution in [3.05, 3.63) is 30.1 Å². The molecule has 13 heteroatoms. The Hall–Kier alpha value is -1.99. The third kappa shape index (κ3) is 8.70. The molecule has 1 heterocycles. The van der Waals surface area contributed by atoms with Crippen LogP contribution in [0.5, 0.6) is 0 Å². The Bertz CT molecular complexity index is 781. The van der Waals surface area contributed by atoms with E-state index in [-0.39, 0.29) is 18.2 Å². The number of aliphatic hydroxyl groups excluding tert-OH is 1. The Kier molecular flexibility index (Phi) is 9.85. The summed E-state index contributed by atoms with van der Waals surface area (Å²) in [5.41, 5.74) is 0.779. The van der Waals surface area contributed by atoms with Gasteiger partial charge in [-0.1, -0.05) is 13.0 Å². The molecule has 1 aromatic rings. The lowest BCUT2D eigenvalue weighted by Crippen LogP contribution is -2.57. The number of thioether (sulfide) groups is 1. The topological polar surface area (TPSA) is 103 Å². The van der Waals surface area contributed by atoms with Crippen molar-refractivity contribution >= 4 is 23.6 Å². The van der Waals surface area contributed by atoms with Crippen LogP contribution in [0.15, 0.2) is 24.5 Å². The van der Waals surface area contributed by atoms with Crippen LogP contribution in [0, 0.1) is 0 Å². The third-order valence-corrected chi connectivity index (χ3v) is 6.03. The van der Waals surface area contributed by atoms with Gasteiger partial charge in [-0.3, -0.25) is 19.9 Å². The summed E-state index contributed by atoms with van der Waals surface area (Å²) < 4.78 is 64.4. The summed E-state index contributed by atoms with van der Waals surface area (Å²) in [6, 6.07) is 0.951. The van der Waals surface area contributed by atoms with Gasteiger partial charge in [0.05, 0.1) is 18.6 Å². The number of aromatic nitrogens is 1. The first-order valence-electron chi connectivity index (χ1n) is 10.4. The summed E-state index contributed by atoms with van der Waals surface area (Å²) in [5, 5.41) is 17.2. The highest BCUT2D eigenvalue weighted by Gasteiger charge is 2.57. The molecule has 0 bridgehead atoms. The van der Waals surface area contributed by atoms with Crippen LogP contribution < -0.4 is 16.0 Å². The molecule has 2 unspecified atom stereocenters. The molecule has 0 radical (unpaired) electrons. The van der Waals surface area contributed by atoms with Crippen LogP contribution in [0.3, 0.4) is 0 Å². The van der Waals surface area contributed by atoms with Crippen molar-refractivity contribution < 1.29 is 36.6 Å². The Balaban J connectivity index is 2.01. The van der Waals surface area contributed by atoms with Gasteiger partial charge >= 0.3 is 12.1 Å². The van der Waals surface area contributed by atoms with Crippen LogP contribution in [0.4, 0.5) is 22.0 Å². The number of hydrogen-bond acceptors (Lipinski definition) is 6. The van der Waals surface area contributed by atoms with Gasteiger partial charge in [-0.25, -0.2) is 0 Å². The summed E-state index contributed by atoms with van der Waals surface area (Å²) in [6.07, 6.45) is -2.52. The number of nitrogens with one attached hydrogen (secondary N) is 3. The predicted molar refractivity (Wildman–Crippen MR) is 113 cm³/mol. The third-order valence-electron chi connectivity index (χ3n) is 4.92. The number of rotatable bonds is 13. The molecule has 0 spiro atoms. The molecule has 7 nitrogen and oxygen atoms in total. The van der Waals surface area contributed by atoms with Crippen LogP contribution in [-0.2, 0) is 15.3 Å². The summed E-state index contributed by atoms with van der Waals surface area (Å²) in [7, 11) is 0. The smallest absolute Gasteiger partial charge is 0.381 e. The number of carbonyl (C=O) groups is 2. The van der Waals surface area contributed by atoms with E-state index in [1.807, 2.05) is 5.32 Å². The number of aliphatic hydroxyl groups is 1. The summed E-state index contributed by atoms with van der Waals surface area (Å²) >= 11 is 1.14. The molecular weight excluding hydrogens is 471 g/mol. The molecule has 2 amide bonds. The highest BCUT2D eigenvalue weighted by atomic mass is 32.2. The first-order valence-corrected chi connectivity index (χ1v) is 11.5. The highest BCUT2D eigenvalue weighted by molar-refractivity contribution is 7.98. The average Bonchev–Trinajstić information content (AvgIpc) is 3.57. The molecule has 3 atom stereocenters. The van der Waals surface area contributed by atoms with Gasteiger partial charge in [0, 0.05) is 29.9 Å². The average molecular weight is 499 g/mol. The normalized spacial score (nSPS) is 17.2. The minimum Gasteiger partial charge on any atom is -0.381 e. The van der Waals surface area contributed by atoms with Crippen LogP contribution in [-0.4, -0.2) is 70.5 Å². The maximum atomic E-state index is 13.4. The fourth-order valence-corrected chi connectivity index (χ4v) is 3.77. The van der Waals surface area contributed by atoms with Gasteiger partial charge in [0.2, 0.25) is 5.91 Å². The number of amides is 2. The molecule has 0 saturated heterocycles. The molecule has 1 aliphatic rings. The number of pyridine rings is 1. The Morgan fingerprint density at radius 2 is 1.94 bits per heavy atom. The molecular formula is C20H27F5N4O3S. The van der Waals surface area contributed by atoms with E-state index < -0.39 is 48.6 Å². The van der Waals surface area contributed by atoms with E-state index in [0.29, 0.717) is 5.75 Å². The van der Waals surface area contributed by atoms with Crippen LogP contribution in [0.25, 0.3) is 0 Å². The maximum Gasteiger partial charge on any atom is 0.454 e. The first-order chi connectivity index (χ1) is 15.4. The summed E-state index contributed by atoms with van der Waals surface area (Å²) in [5.74, 6) is -6.39. The maximum absolute atomic E-state index is 13.4. The van der Waals surface area contributed by atoms with Crippen LogP contribution in [0.1, 0.15) is 31.7 Å². The fraction of sp³-hybridized carbons (Fsp3) is 0.650. The van der Waals surface area contributed by atoms with E-state index in [1.54, 1.807) is 31.5 Å². The molecule has 1 fully saturated rings. The Morgan fingerprint density at radius 3 is 2.48 bits per heavy atom. The molecule has 0 aromatic carbocycles. The van der Waals surface area contributed by atoms with E-state index in [2.05, 4.69) is 15.6 Å². The van der Waals surface area contributed by atoms with Gasteiger partial charge in [0.15, 0.2) is 6.10 Å². The van der Waals surface area contributed by atoms with E-state index >= 15 is 0 Å². The molecule has 1 aliphatic carbocycles. The number of hydrogen-bond donors (Lipinski definition) is 4. The quantitative estimate of drug-likeness (QED) is 0.311. The number of alkyl halides is 5. The minimum absolute atomic E-state index is 0.0248. The zero-order chi connectivity index (χ0) is 24.6. The largest absolute Gasteiger partial charge is 0.454 e. The molecule has 1 aromatic heterocycles. The van der Waals surface area contributed by atoms with Crippen molar-refractivity contribution in [3.8, 4) is 0 Å². The van der Waals surface area contributed by atoms with Gasteiger partial charge in [-0.15, -0.1) is 0 Å². The lowest BCUT2D eigenvalue weighted by molar-refractivity contribution is -0.279. The molecule has 0 aliphatic heterocycles. The first kappa shape index (κ1) is 27.3. The van der Waals surface area contributed by atoms with Crippen molar-refractivity contribution in [3.63, 3.8) is 0 Å². The zero-order valence-corrected chi connectivity index (χ0v) is 18.7. The van der Waals surface area contributed by atoms with E-state index in [9.17, 15) is 36.6 Å². The van der Waals surface area contributed by atoms with Gasteiger partial charge in [-0.05, 0) is 30.9 Å². The second-order valence-electron chi connectivity index (χ2n) is 7.76. The standard InChI is InChI=1S/C20H27F5N4O3S/c1-2-14(16(30)18(32)28-13-5-6-13)29-17(31)15(27-11-19(21,22)20(23,24)25)10-33-9-12-4-3-7-26-8-12/h3-4,7-8,13-16,27,30H,2,5-6,9-11H2,1H3,(H,28,32)(H,29,31)/t14?,15-,16?/m0/s1. The van der Waals surface area contributed by atoms with Crippen molar-refractivity contribution in [2.75, 3.05) is 12.3 Å². The number of nitrogens with zero attached hydrogens (tertiary/aromatic N) is 1. The Morgan fingerprint density at radius 1 is 1.24 bits per heavy atom. The fourth-order valence-electron chi connectivity index (χ4n) is 2.74. The second kappa shape index (κ2) is 11.9. The molecule has 33 heavy (non-hydrogen) atoms. The van der Waals surface area contributed by atoms with E-state index in [0.717, 1.165) is 30.2 Å². The SMILES string of the molecule is CCC(NC(=O)[C@H](CSCc1cccnc1)NCC(F)(F)C(F)(F)F)C(O)C(=O)NC1CC1. The van der Waals surface area contributed by atoms with Crippen molar-refractivity contribution in [1.82, 2.24) is 20.9 Å². The monoisotopic (exact) mass is 498 g/mol. The van der Waals surface area contributed by atoms with Crippen LogP contribution in [0.2, 0.25) is 0 Å². The summed E-state index contributed by atoms with van der Waals surface area (Å²) in [4.78, 5) is 28.7. The van der Waals surface area contributed by atoms with E-state index in [4.69, 9.17) is 0 Å². The van der Waals surface area contributed by atoms with Gasteiger partial charge in [0.25, 0.3) is 5.91 Å². The Labute approximate surface area is 192 Å². The van der Waals surface area contributed by atoms with Crippen molar-refractivity contribution in [2.24, 2.45) is 0 Å². The number of carbonyl (C=O) groups excluding carboxylic acids is 2. The molecule has 1 saturated carbocycles. The van der Waals surface area contributed by atoms with Gasteiger partial charge in [-0.2, -0.15) is 33.7 Å². The molecule has 4 N–H and O–H groups in total. The van der Waals surface area contributed by atoms with Crippen molar-refractivity contribution in [1.29, 1.82) is 0 Å². The second-order valence-corrected chi connectivity index (χ2v) is 8.79. The zero-order valence-electron chi connectivity index (χ0n) is 17.9. The lowest BCUT2D eigenvalue weighted by atomic mass is 10.1.